The molecule has 2 aromatic carbocycles. The molecular weight excluding hydrogens is 516 g/mol. The van der Waals surface area contributed by atoms with Crippen LogP contribution in [-0.4, -0.2) is 112 Å². The summed E-state index contributed by atoms with van der Waals surface area (Å²) < 4.78 is 17.3. The standard InChI is InChI=1S/C32H42N6O3/c1-2-6-29-28(5-1)33-31-32(34-29)38-13-9-25-7-8-26(41-18-4-11-36-16-21-40-22-17-36)23-27(25)30(38)24-37(31)12-3-10-35-14-19-39-20-15-35/h1-2,5-8,23,30H,3-4,9-22,24H2. The van der Waals surface area contributed by atoms with Gasteiger partial charge in [-0.05, 0) is 54.7 Å². The fourth-order valence-electron chi connectivity index (χ4n) is 6.71. The van der Waals surface area contributed by atoms with Crippen LogP contribution in [-0.2, 0) is 15.9 Å². The lowest BCUT2D eigenvalue weighted by atomic mass is 9.90. The molecule has 0 N–H and O–H groups in total. The maximum Gasteiger partial charge on any atom is 0.173 e. The zero-order valence-electron chi connectivity index (χ0n) is 24.0. The van der Waals surface area contributed by atoms with Crippen molar-refractivity contribution in [2.45, 2.75) is 25.3 Å². The minimum Gasteiger partial charge on any atom is -0.494 e. The highest BCUT2D eigenvalue weighted by molar-refractivity contribution is 5.82. The lowest BCUT2D eigenvalue weighted by molar-refractivity contribution is 0.0358. The SMILES string of the molecule is c1ccc2nc3c(nc2c1)N(CCCN1CCOCC1)CC1c2cc(OCCCN4CCOCC4)ccc2CCN31. The average molecular weight is 559 g/mol. The van der Waals surface area contributed by atoms with Gasteiger partial charge in [0.05, 0.1) is 50.1 Å². The third kappa shape index (κ3) is 6.00. The van der Waals surface area contributed by atoms with Gasteiger partial charge in [-0.25, -0.2) is 9.97 Å². The predicted octanol–water partition coefficient (Wildman–Crippen LogP) is 3.38. The molecule has 0 bridgehead atoms. The Labute approximate surface area is 243 Å². The van der Waals surface area contributed by atoms with E-state index in [-0.39, 0.29) is 6.04 Å². The number of nitrogens with zero attached hydrogens (tertiary/aromatic N) is 6. The van der Waals surface area contributed by atoms with Gasteiger partial charge in [-0.3, -0.25) is 9.80 Å². The Hall–Kier alpha value is -2.98. The third-order valence-electron chi connectivity index (χ3n) is 8.97. The minimum atomic E-state index is 0.238. The monoisotopic (exact) mass is 558 g/mol. The van der Waals surface area contributed by atoms with Crippen molar-refractivity contribution in [2.75, 3.05) is 102 Å². The summed E-state index contributed by atoms with van der Waals surface area (Å²) in [6, 6.07) is 15.2. The van der Waals surface area contributed by atoms with E-state index in [2.05, 4.69) is 62.1 Å². The van der Waals surface area contributed by atoms with E-state index in [0.29, 0.717) is 0 Å². The van der Waals surface area contributed by atoms with Crippen molar-refractivity contribution >= 4 is 22.7 Å². The van der Waals surface area contributed by atoms with E-state index in [1.54, 1.807) is 0 Å². The van der Waals surface area contributed by atoms with Crippen LogP contribution in [0.1, 0.15) is 30.0 Å². The van der Waals surface area contributed by atoms with E-state index < -0.39 is 0 Å². The molecule has 1 atom stereocenters. The number of anilines is 2. The molecule has 9 nitrogen and oxygen atoms in total. The summed E-state index contributed by atoms with van der Waals surface area (Å²) in [7, 11) is 0. The summed E-state index contributed by atoms with van der Waals surface area (Å²) in [5.74, 6) is 3.02. The zero-order chi connectivity index (χ0) is 27.4. The molecule has 1 aromatic heterocycles. The van der Waals surface area contributed by atoms with Crippen LogP contribution in [0.5, 0.6) is 5.75 Å². The average Bonchev–Trinajstić information content (AvgIpc) is 3.03. The molecule has 7 rings (SSSR count). The first-order chi connectivity index (χ1) is 20.3. The molecule has 0 spiro atoms. The van der Waals surface area contributed by atoms with Gasteiger partial charge in [0.15, 0.2) is 11.6 Å². The van der Waals surface area contributed by atoms with Crippen molar-refractivity contribution in [2.24, 2.45) is 0 Å². The van der Waals surface area contributed by atoms with E-state index in [0.717, 1.165) is 140 Å². The number of para-hydroxylation sites is 2. The summed E-state index contributed by atoms with van der Waals surface area (Å²) in [4.78, 5) is 20.3. The number of fused-ring (bicyclic) bond motifs is 6. The van der Waals surface area contributed by atoms with Gasteiger partial charge in [-0.15, -0.1) is 0 Å². The molecule has 4 aliphatic heterocycles. The van der Waals surface area contributed by atoms with Gasteiger partial charge in [0.2, 0.25) is 0 Å². The predicted molar refractivity (Wildman–Crippen MR) is 161 cm³/mol. The summed E-state index contributed by atoms with van der Waals surface area (Å²) in [6.45, 7) is 13.2. The van der Waals surface area contributed by atoms with Gasteiger partial charge in [-0.1, -0.05) is 18.2 Å². The van der Waals surface area contributed by atoms with Crippen molar-refractivity contribution in [3.63, 3.8) is 0 Å². The van der Waals surface area contributed by atoms with Gasteiger partial charge in [-0.2, -0.15) is 0 Å². The highest BCUT2D eigenvalue weighted by Gasteiger charge is 2.37. The van der Waals surface area contributed by atoms with Crippen molar-refractivity contribution in [3.8, 4) is 5.75 Å². The molecule has 0 aliphatic carbocycles. The molecule has 0 radical (unpaired) electrons. The fourth-order valence-corrected chi connectivity index (χ4v) is 6.71. The molecule has 5 heterocycles. The molecule has 2 saturated heterocycles. The summed E-state index contributed by atoms with van der Waals surface area (Å²) >= 11 is 0. The second-order valence-electron chi connectivity index (χ2n) is 11.6. The van der Waals surface area contributed by atoms with Crippen LogP contribution in [0.15, 0.2) is 42.5 Å². The zero-order valence-corrected chi connectivity index (χ0v) is 24.0. The number of aromatic nitrogens is 2. The van der Waals surface area contributed by atoms with Crippen LogP contribution in [0.25, 0.3) is 11.0 Å². The number of rotatable bonds is 9. The first-order valence-electron chi connectivity index (χ1n) is 15.5. The fraction of sp³-hybridized carbons (Fsp3) is 0.562. The Bertz CT molecular complexity index is 1330. The van der Waals surface area contributed by atoms with Crippen molar-refractivity contribution in [1.82, 2.24) is 19.8 Å². The first-order valence-corrected chi connectivity index (χ1v) is 15.5. The van der Waals surface area contributed by atoms with E-state index >= 15 is 0 Å². The summed E-state index contributed by atoms with van der Waals surface area (Å²) in [5, 5.41) is 0. The molecular formula is C32H42N6O3. The van der Waals surface area contributed by atoms with Crippen molar-refractivity contribution in [3.05, 3.63) is 53.6 Å². The van der Waals surface area contributed by atoms with Crippen molar-refractivity contribution in [1.29, 1.82) is 0 Å². The van der Waals surface area contributed by atoms with E-state index in [1.165, 1.54) is 11.1 Å². The molecule has 41 heavy (non-hydrogen) atoms. The number of hydrogen-bond donors (Lipinski definition) is 0. The number of morpholine rings is 2. The summed E-state index contributed by atoms with van der Waals surface area (Å²) in [6.07, 6.45) is 3.13. The molecule has 1 unspecified atom stereocenters. The maximum absolute atomic E-state index is 6.30. The van der Waals surface area contributed by atoms with Crippen LogP contribution in [0.3, 0.4) is 0 Å². The largest absolute Gasteiger partial charge is 0.494 e. The van der Waals surface area contributed by atoms with Gasteiger partial charge in [0, 0.05) is 58.9 Å². The smallest absolute Gasteiger partial charge is 0.173 e. The number of benzene rings is 2. The molecule has 0 amide bonds. The van der Waals surface area contributed by atoms with Crippen molar-refractivity contribution < 1.29 is 14.2 Å². The van der Waals surface area contributed by atoms with Gasteiger partial charge in [0.1, 0.15) is 5.75 Å². The van der Waals surface area contributed by atoms with E-state index in [9.17, 15) is 0 Å². The Balaban J connectivity index is 1.10. The first kappa shape index (κ1) is 26.9. The Morgan fingerprint density at radius 2 is 1.44 bits per heavy atom. The Morgan fingerprint density at radius 1 is 0.756 bits per heavy atom. The van der Waals surface area contributed by atoms with Gasteiger partial charge < -0.3 is 24.0 Å². The molecule has 2 fully saturated rings. The third-order valence-corrected chi connectivity index (χ3v) is 8.97. The number of hydrogen-bond acceptors (Lipinski definition) is 9. The van der Waals surface area contributed by atoms with E-state index in [1.807, 2.05) is 0 Å². The Kier molecular flexibility index (Phi) is 8.19. The van der Waals surface area contributed by atoms with Crippen LogP contribution in [0.2, 0.25) is 0 Å². The Morgan fingerprint density at radius 3 is 2.17 bits per heavy atom. The minimum absolute atomic E-state index is 0.238. The summed E-state index contributed by atoms with van der Waals surface area (Å²) in [5.41, 5.74) is 4.73. The molecule has 0 saturated carbocycles. The quantitative estimate of drug-likeness (QED) is 0.368. The normalized spacial score (nSPS) is 21.4. The highest BCUT2D eigenvalue weighted by Crippen LogP contribution is 2.43. The molecule has 4 aliphatic rings. The van der Waals surface area contributed by atoms with Crippen LogP contribution >= 0.6 is 0 Å². The molecule has 3 aromatic rings. The van der Waals surface area contributed by atoms with Gasteiger partial charge in [0.25, 0.3) is 0 Å². The molecule has 218 valence electrons. The number of ether oxygens (including phenoxy) is 3. The molecule has 9 heteroatoms. The highest BCUT2D eigenvalue weighted by atomic mass is 16.5. The van der Waals surface area contributed by atoms with Crippen LogP contribution in [0, 0.1) is 0 Å². The topological polar surface area (TPSA) is 66.4 Å². The van der Waals surface area contributed by atoms with Gasteiger partial charge >= 0.3 is 0 Å². The van der Waals surface area contributed by atoms with Crippen LogP contribution < -0.4 is 14.5 Å². The second kappa shape index (κ2) is 12.5. The van der Waals surface area contributed by atoms with E-state index in [4.69, 9.17) is 24.2 Å². The lowest BCUT2D eigenvalue weighted by Crippen LogP contribution is -2.48. The van der Waals surface area contributed by atoms with Crippen LogP contribution in [0.4, 0.5) is 11.6 Å². The maximum atomic E-state index is 6.30. The second-order valence-corrected chi connectivity index (χ2v) is 11.6. The lowest BCUT2D eigenvalue weighted by Gasteiger charge is -2.46.